The molecule has 1 atom stereocenters. The predicted octanol–water partition coefficient (Wildman–Crippen LogP) is 2.56. The Morgan fingerprint density at radius 3 is 3.17 bits per heavy atom. The fourth-order valence-corrected chi connectivity index (χ4v) is 2.27. The summed E-state index contributed by atoms with van der Waals surface area (Å²) in [5.41, 5.74) is 0.733. The Balaban J connectivity index is 2.02. The molecule has 1 aromatic carbocycles. The number of hydrogen-bond donors (Lipinski definition) is 2. The number of halogens is 1. The highest BCUT2D eigenvalue weighted by atomic mass is 35.5. The van der Waals surface area contributed by atoms with Crippen molar-refractivity contribution >= 4 is 23.3 Å². The van der Waals surface area contributed by atoms with Crippen molar-refractivity contribution in [2.24, 2.45) is 0 Å². The van der Waals surface area contributed by atoms with E-state index < -0.39 is 0 Å². The molecule has 1 aromatic rings. The molecular formula is C13H18ClN3O. The third-order valence-corrected chi connectivity index (χ3v) is 3.30. The summed E-state index contributed by atoms with van der Waals surface area (Å²) in [5.74, 6) is 0. The maximum Gasteiger partial charge on any atom is 0.322 e. The molecule has 0 aliphatic carbocycles. The zero-order valence-corrected chi connectivity index (χ0v) is 11.2. The average molecular weight is 268 g/mol. The molecule has 98 valence electrons. The lowest BCUT2D eigenvalue weighted by atomic mass is 10.3. The largest absolute Gasteiger partial charge is 0.322 e. The van der Waals surface area contributed by atoms with Gasteiger partial charge in [-0.3, -0.25) is 0 Å². The number of nitrogens with zero attached hydrogens (tertiary/aromatic N) is 1. The lowest BCUT2D eigenvalue weighted by molar-refractivity contribution is 0.197. The van der Waals surface area contributed by atoms with Gasteiger partial charge in [-0.25, -0.2) is 4.79 Å². The molecule has 18 heavy (non-hydrogen) atoms. The first-order valence-electron chi connectivity index (χ1n) is 6.21. The van der Waals surface area contributed by atoms with Crippen LogP contribution in [0.5, 0.6) is 0 Å². The predicted molar refractivity (Wildman–Crippen MR) is 74.1 cm³/mol. The molecule has 0 radical (unpaired) electrons. The van der Waals surface area contributed by atoms with Gasteiger partial charge in [-0.15, -0.1) is 0 Å². The van der Waals surface area contributed by atoms with Crippen molar-refractivity contribution in [2.75, 3.05) is 25.0 Å². The molecule has 4 nitrogen and oxygen atoms in total. The third-order valence-electron chi connectivity index (χ3n) is 3.06. The standard InChI is InChI=1S/C13H18ClN3O/c1-10-9-15-6-3-7-17(10)13(18)16-12-5-2-4-11(14)8-12/h2,4-5,8,10,15H,3,6-7,9H2,1H3,(H,16,18). The quantitative estimate of drug-likeness (QED) is 0.821. The zero-order valence-electron chi connectivity index (χ0n) is 10.4. The van der Waals surface area contributed by atoms with Crippen molar-refractivity contribution < 1.29 is 4.79 Å². The number of anilines is 1. The second-order valence-electron chi connectivity index (χ2n) is 4.54. The number of carbonyl (C=O) groups excluding carboxylic acids is 1. The Bertz CT molecular complexity index is 424. The molecule has 1 aliphatic rings. The maximum atomic E-state index is 12.2. The van der Waals surface area contributed by atoms with Gasteiger partial charge >= 0.3 is 6.03 Å². The molecule has 0 aromatic heterocycles. The van der Waals surface area contributed by atoms with E-state index in [0.717, 1.165) is 31.7 Å². The Hall–Kier alpha value is -1.26. The van der Waals surface area contributed by atoms with Crippen molar-refractivity contribution in [3.63, 3.8) is 0 Å². The lowest BCUT2D eigenvalue weighted by Crippen LogP contribution is -2.43. The minimum Gasteiger partial charge on any atom is -0.321 e. The van der Waals surface area contributed by atoms with Gasteiger partial charge in [-0.2, -0.15) is 0 Å². The number of amides is 2. The van der Waals surface area contributed by atoms with Gasteiger partial charge in [0.1, 0.15) is 0 Å². The Morgan fingerprint density at radius 2 is 2.39 bits per heavy atom. The SMILES string of the molecule is CC1CNCCCN1C(=O)Nc1cccc(Cl)c1. The first kappa shape index (κ1) is 13.2. The second-order valence-corrected chi connectivity index (χ2v) is 4.98. The van der Waals surface area contributed by atoms with Crippen LogP contribution >= 0.6 is 11.6 Å². The molecule has 1 unspecified atom stereocenters. The van der Waals surface area contributed by atoms with Crippen molar-refractivity contribution in [3.8, 4) is 0 Å². The fraction of sp³-hybridized carbons (Fsp3) is 0.462. The van der Waals surface area contributed by atoms with Crippen LogP contribution in [0.3, 0.4) is 0 Å². The molecule has 0 saturated carbocycles. The number of benzene rings is 1. The zero-order chi connectivity index (χ0) is 13.0. The highest BCUT2D eigenvalue weighted by Gasteiger charge is 2.21. The van der Waals surface area contributed by atoms with E-state index in [9.17, 15) is 4.79 Å². The smallest absolute Gasteiger partial charge is 0.321 e. The summed E-state index contributed by atoms with van der Waals surface area (Å²) in [6, 6.07) is 7.34. The molecule has 2 rings (SSSR count). The minimum atomic E-state index is -0.0616. The van der Waals surface area contributed by atoms with E-state index in [2.05, 4.69) is 17.6 Å². The first-order valence-corrected chi connectivity index (χ1v) is 6.58. The Labute approximate surface area is 112 Å². The number of nitrogens with one attached hydrogen (secondary N) is 2. The third kappa shape index (κ3) is 3.37. The van der Waals surface area contributed by atoms with E-state index in [1.54, 1.807) is 12.1 Å². The van der Waals surface area contributed by atoms with Crippen LogP contribution in [-0.4, -0.2) is 36.6 Å². The molecular weight excluding hydrogens is 250 g/mol. The van der Waals surface area contributed by atoms with Crippen LogP contribution in [0.15, 0.2) is 24.3 Å². The van der Waals surface area contributed by atoms with Crippen LogP contribution in [-0.2, 0) is 0 Å². The summed E-state index contributed by atoms with van der Waals surface area (Å²) >= 11 is 5.89. The first-order chi connectivity index (χ1) is 8.66. The monoisotopic (exact) mass is 267 g/mol. The summed E-state index contributed by atoms with van der Waals surface area (Å²) in [6.07, 6.45) is 0.979. The van der Waals surface area contributed by atoms with Gasteiger partial charge < -0.3 is 15.5 Å². The number of rotatable bonds is 1. The number of carbonyl (C=O) groups is 1. The second kappa shape index (κ2) is 6.07. The van der Waals surface area contributed by atoms with Crippen LogP contribution < -0.4 is 10.6 Å². The van der Waals surface area contributed by atoms with Crippen LogP contribution in [0.4, 0.5) is 10.5 Å². The molecule has 5 heteroatoms. The van der Waals surface area contributed by atoms with Crippen molar-refractivity contribution in [1.82, 2.24) is 10.2 Å². The molecule has 1 fully saturated rings. The average Bonchev–Trinajstić information content (AvgIpc) is 2.54. The van der Waals surface area contributed by atoms with Crippen LogP contribution in [0.2, 0.25) is 5.02 Å². The van der Waals surface area contributed by atoms with Crippen LogP contribution in [0, 0.1) is 0 Å². The molecule has 0 spiro atoms. The summed E-state index contributed by atoms with van der Waals surface area (Å²) in [7, 11) is 0. The topological polar surface area (TPSA) is 44.4 Å². The number of urea groups is 1. The Kier molecular flexibility index (Phi) is 4.44. The normalized spacial score (nSPS) is 20.3. The van der Waals surface area contributed by atoms with Crippen molar-refractivity contribution in [2.45, 2.75) is 19.4 Å². The van der Waals surface area contributed by atoms with Gasteiger partial charge in [0.05, 0.1) is 0 Å². The van der Waals surface area contributed by atoms with Gasteiger partial charge in [-0.1, -0.05) is 17.7 Å². The fourth-order valence-electron chi connectivity index (χ4n) is 2.08. The molecule has 1 heterocycles. The van der Waals surface area contributed by atoms with Gasteiger partial charge in [0.25, 0.3) is 0 Å². The van der Waals surface area contributed by atoms with Gasteiger partial charge in [0, 0.05) is 29.8 Å². The highest BCUT2D eigenvalue weighted by molar-refractivity contribution is 6.30. The molecule has 0 bridgehead atoms. The van der Waals surface area contributed by atoms with Crippen molar-refractivity contribution in [3.05, 3.63) is 29.3 Å². The molecule has 2 N–H and O–H groups in total. The molecule has 2 amide bonds. The minimum absolute atomic E-state index is 0.0616. The summed E-state index contributed by atoms with van der Waals surface area (Å²) < 4.78 is 0. The molecule has 1 aliphatic heterocycles. The van der Waals surface area contributed by atoms with Gasteiger partial charge in [0.15, 0.2) is 0 Å². The van der Waals surface area contributed by atoms with E-state index in [1.807, 2.05) is 17.0 Å². The van der Waals surface area contributed by atoms with E-state index in [1.165, 1.54) is 0 Å². The summed E-state index contributed by atoms with van der Waals surface area (Å²) in [5, 5.41) is 6.82. The van der Waals surface area contributed by atoms with Crippen LogP contribution in [0.25, 0.3) is 0 Å². The molecule has 1 saturated heterocycles. The van der Waals surface area contributed by atoms with Crippen molar-refractivity contribution in [1.29, 1.82) is 0 Å². The Morgan fingerprint density at radius 1 is 1.56 bits per heavy atom. The number of hydrogen-bond acceptors (Lipinski definition) is 2. The van der Waals surface area contributed by atoms with Gasteiger partial charge in [0.2, 0.25) is 0 Å². The van der Waals surface area contributed by atoms with Gasteiger partial charge in [-0.05, 0) is 38.1 Å². The maximum absolute atomic E-state index is 12.2. The summed E-state index contributed by atoms with van der Waals surface area (Å²) in [4.78, 5) is 14.0. The van der Waals surface area contributed by atoms with Crippen LogP contribution in [0.1, 0.15) is 13.3 Å². The van der Waals surface area contributed by atoms with E-state index >= 15 is 0 Å². The van der Waals surface area contributed by atoms with E-state index in [-0.39, 0.29) is 12.1 Å². The summed E-state index contributed by atoms with van der Waals surface area (Å²) in [6.45, 7) is 4.63. The van der Waals surface area contributed by atoms with E-state index in [4.69, 9.17) is 11.6 Å². The lowest BCUT2D eigenvalue weighted by Gasteiger charge is -2.27. The van der Waals surface area contributed by atoms with E-state index in [0.29, 0.717) is 5.02 Å². The highest BCUT2D eigenvalue weighted by Crippen LogP contribution is 2.16.